The minimum absolute atomic E-state index is 0.763. The van der Waals surface area contributed by atoms with Crippen LogP contribution in [0.1, 0.15) is 0 Å². The van der Waals surface area contributed by atoms with Crippen molar-refractivity contribution in [3.63, 3.8) is 0 Å². The summed E-state index contributed by atoms with van der Waals surface area (Å²) >= 11 is 0. The molecule has 0 aliphatic rings. The maximum atomic E-state index is 11.1. The molecule has 0 aromatic rings. The Kier molecular flexibility index (Phi) is 6.61. The molecular weight excluding hydrogens is 238 g/mol. The Hall–Kier alpha value is -1.26. The van der Waals surface area contributed by atoms with Crippen molar-refractivity contribution < 1.29 is 40.2 Å². The maximum Gasteiger partial charge on any atom is 0.322 e. The molecule has 7 N–H and O–H groups in total. The smallest absolute Gasteiger partial charge is 0.322 e. The van der Waals surface area contributed by atoms with E-state index in [-0.39, 0.29) is 0 Å². The van der Waals surface area contributed by atoms with Crippen LogP contribution >= 0.6 is 0 Å². The minimum atomic E-state index is -2.12. The summed E-state index contributed by atoms with van der Waals surface area (Å²) in [6.07, 6.45) is -7.84. The van der Waals surface area contributed by atoms with Crippen LogP contribution in [0.4, 0.5) is 0 Å². The van der Waals surface area contributed by atoms with Crippen LogP contribution in [0.5, 0.6) is 0 Å². The van der Waals surface area contributed by atoms with Crippen LogP contribution in [0.2, 0.25) is 0 Å². The van der Waals surface area contributed by atoms with Crippen molar-refractivity contribution >= 4 is 11.9 Å². The van der Waals surface area contributed by atoms with E-state index in [1.54, 1.807) is 5.32 Å². The first kappa shape index (κ1) is 15.7. The second-order valence-electron chi connectivity index (χ2n) is 3.29. The number of hydrogen-bond donors (Lipinski definition) is 7. The van der Waals surface area contributed by atoms with Gasteiger partial charge < -0.3 is 36.0 Å². The Morgan fingerprint density at radius 1 is 1.06 bits per heavy atom. The van der Waals surface area contributed by atoms with Crippen LogP contribution < -0.4 is 5.32 Å². The molecule has 17 heavy (non-hydrogen) atoms. The summed E-state index contributed by atoms with van der Waals surface area (Å²) < 4.78 is 0. The molecule has 0 saturated heterocycles. The lowest BCUT2D eigenvalue weighted by molar-refractivity contribution is -0.150. The number of aliphatic hydroxyl groups is 5. The molecule has 0 aliphatic carbocycles. The van der Waals surface area contributed by atoms with E-state index in [9.17, 15) is 19.8 Å². The predicted molar refractivity (Wildman–Crippen MR) is 51.8 cm³/mol. The topological polar surface area (TPSA) is 168 Å². The van der Waals surface area contributed by atoms with Gasteiger partial charge in [-0.15, -0.1) is 0 Å². The van der Waals surface area contributed by atoms with Crippen LogP contribution in [-0.4, -0.2) is 80.1 Å². The van der Waals surface area contributed by atoms with Crippen molar-refractivity contribution in [2.24, 2.45) is 0 Å². The second kappa shape index (κ2) is 7.14. The van der Waals surface area contributed by atoms with Crippen molar-refractivity contribution in [3.8, 4) is 0 Å². The summed E-state index contributed by atoms with van der Waals surface area (Å²) in [4.78, 5) is 21.2. The zero-order valence-electron chi connectivity index (χ0n) is 8.72. The Balaban J connectivity index is 4.32. The molecule has 0 unspecified atom stereocenters. The quantitative estimate of drug-likeness (QED) is 0.239. The summed E-state index contributed by atoms with van der Waals surface area (Å²) in [5.41, 5.74) is 0. The van der Waals surface area contributed by atoms with Crippen molar-refractivity contribution in [3.05, 3.63) is 0 Å². The largest absolute Gasteiger partial charge is 0.480 e. The number of nitrogens with one attached hydrogen (secondary N) is 1. The van der Waals surface area contributed by atoms with Crippen molar-refractivity contribution in [1.29, 1.82) is 0 Å². The van der Waals surface area contributed by atoms with Gasteiger partial charge in [-0.25, -0.2) is 0 Å². The summed E-state index contributed by atoms with van der Waals surface area (Å²) in [5, 5.41) is 55.0. The average molecular weight is 253 g/mol. The first-order valence-electron chi connectivity index (χ1n) is 4.63. The molecule has 9 heteroatoms. The zero-order valence-corrected chi connectivity index (χ0v) is 8.72. The van der Waals surface area contributed by atoms with Gasteiger partial charge in [-0.2, -0.15) is 0 Å². The van der Waals surface area contributed by atoms with E-state index >= 15 is 0 Å². The highest BCUT2D eigenvalue weighted by molar-refractivity contribution is 5.84. The molecule has 100 valence electrons. The molecule has 0 heterocycles. The predicted octanol–water partition coefficient (Wildman–Crippen LogP) is -4.38. The zero-order chi connectivity index (χ0) is 13.6. The second-order valence-corrected chi connectivity index (χ2v) is 3.29. The summed E-state index contributed by atoms with van der Waals surface area (Å²) in [5.74, 6) is -2.57. The normalized spacial score (nSPS) is 17.9. The fourth-order valence-electron chi connectivity index (χ4n) is 0.945. The van der Waals surface area contributed by atoms with Gasteiger partial charge in [0.15, 0.2) is 6.10 Å². The van der Waals surface area contributed by atoms with Gasteiger partial charge in [-0.05, 0) is 0 Å². The molecule has 0 aliphatic heterocycles. The third kappa shape index (κ3) is 5.06. The molecule has 1 amide bonds. The Bertz CT molecular complexity index is 270. The number of carbonyl (C=O) groups is 2. The number of aliphatic hydroxyl groups excluding tert-OH is 5. The van der Waals surface area contributed by atoms with Crippen LogP contribution in [0.3, 0.4) is 0 Å². The van der Waals surface area contributed by atoms with Gasteiger partial charge in [0, 0.05) is 0 Å². The van der Waals surface area contributed by atoms with E-state index < -0.39 is 49.4 Å². The molecule has 0 saturated carbocycles. The van der Waals surface area contributed by atoms with Gasteiger partial charge in [0.2, 0.25) is 0 Å². The number of carboxylic acids is 1. The Labute approximate surface area is 95.9 Å². The number of hydrogen-bond acceptors (Lipinski definition) is 7. The molecule has 0 rings (SSSR count). The Morgan fingerprint density at radius 3 is 2.00 bits per heavy atom. The van der Waals surface area contributed by atoms with E-state index in [2.05, 4.69) is 0 Å². The Morgan fingerprint density at radius 2 is 1.59 bits per heavy atom. The molecular formula is C8H15NO8. The lowest BCUT2D eigenvalue weighted by atomic mass is 10.0. The molecule has 9 nitrogen and oxygen atoms in total. The number of aliphatic carboxylic acids is 1. The lowest BCUT2D eigenvalue weighted by Crippen LogP contribution is -2.52. The molecule has 0 fully saturated rings. The van der Waals surface area contributed by atoms with Crippen molar-refractivity contribution in [2.75, 3.05) is 13.2 Å². The van der Waals surface area contributed by atoms with E-state index in [1.807, 2.05) is 0 Å². The number of carbonyl (C=O) groups excluding carboxylic acids is 1. The van der Waals surface area contributed by atoms with Crippen LogP contribution in [-0.2, 0) is 9.59 Å². The molecule has 0 aromatic carbocycles. The SMILES string of the molecule is O=C(O)CNC(=O)[C@@H](O)[C@@H](O)[C@@H](O)[C@H](O)CO. The molecule has 0 spiro atoms. The number of rotatable bonds is 7. The molecule has 4 atom stereocenters. The summed E-state index contributed by atoms with van der Waals surface area (Å²) in [6, 6.07) is 0. The molecule has 0 radical (unpaired) electrons. The minimum Gasteiger partial charge on any atom is -0.480 e. The van der Waals surface area contributed by atoms with Crippen LogP contribution in [0.25, 0.3) is 0 Å². The van der Waals surface area contributed by atoms with Crippen molar-refractivity contribution in [1.82, 2.24) is 5.32 Å². The van der Waals surface area contributed by atoms with Gasteiger partial charge in [-0.1, -0.05) is 0 Å². The third-order valence-electron chi connectivity index (χ3n) is 1.94. The average Bonchev–Trinajstić information content (AvgIpc) is 2.31. The third-order valence-corrected chi connectivity index (χ3v) is 1.94. The first-order valence-corrected chi connectivity index (χ1v) is 4.63. The van der Waals surface area contributed by atoms with Crippen molar-refractivity contribution in [2.45, 2.75) is 24.4 Å². The first-order chi connectivity index (χ1) is 7.81. The number of amides is 1. The molecule has 0 bridgehead atoms. The summed E-state index contributed by atoms with van der Waals surface area (Å²) in [7, 11) is 0. The van der Waals surface area contributed by atoms with E-state index in [1.165, 1.54) is 0 Å². The van der Waals surface area contributed by atoms with E-state index in [0.717, 1.165) is 0 Å². The van der Waals surface area contributed by atoms with E-state index in [4.69, 9.17) is 20.4 Å². The van der Waals surface area contributed by atoms with E-state index in [0.29, 0.717) is 0 Å². The molecule has 0 aromatic heterocycles. The standard InChI is InChI=1S/C8H15NO8/c10-2-3(11)5(14)6(15)7(16)8(17)9-1-4(12)13/h3,5-7,10-11,14-16H,1-2H2,(H,9,17)(H,12,13)/t3-,5+,6+,7+/m1/s1. The fourth-order valence-corrected chi connectivity index (χ4v) is 0.945. The summed E-state index contributed by atoms with van der Waals surface area (Å²) in [6.45, 7) is -1.64. The van der Waals surface area contributed by atoms with Gasteiger partial charge in [0.05, 0.1) is 6.61 Å². The van der Waals surface area contributed by atoms with Gasteiger partial charge in [-0.3, -0.25) is 9.59 Å². The van der Waals surface area contributed by atoms with Crippen LogP contribution in [0, 0.1) is 0 Å². The highest BCUT2D eigenvalue weighted by Gasteiger charge is 2.34. The van der Waals surface area contributed by atoms with Crippen LogP contribution in [0.15, 0.2) is 0 Å². The fraction of sp³-hybridized carbons (Fsp3) is 0.750. The van der Waals surface area contributed by atoms with Gasteiger partial charge in [0.25, 0.3) is 5.91 Å². The number of carboxylic acid groups (broad SMARTS) is 1. The monoisotopic (exact) mass is 253 g/mol. The maximum absolute atomic E-state index is 11.1. The van der Waals surface area contributed by atoms with Gasteiger partial charge in [0.1, 0.15) is 24.9 Å². The highest BCUT2D eigenvalue weighted by atomic mass is 16.4. The van der Waals surface area contributed by atoms with Gasteiger partial charge >= 0.3 is 5.97 Å². The lowest BCUT2D eigenvalue weighted by Gasteiger charge is -2.24. The highest BCUT2D eigenvalue weighted by Crippen LogP contribution is 2.05.